The van der Waals surface area contributed by atoms with Gasteiger partial charge in [-0.05, 0) is 66.1 Å². The van der Waals surface area contributed by atoms with Gasteiger partial charge in [-0.3, -0.25) is 9.52 Å². The van der Waals surface area contributed by atoms with Gasteiger partial charge in [-0.1, -0.05) is 104 Å². The number of unbranched alkanes of at least 4 members (excludes halogenated alkanes) is 5. The van der Waals surface area contributed by atoms with Crippen molar-refractivity contribution in [3.63, 3.8) is 0 Å². The van der Waals surface area contributed by atoms with Crippen LogP contribution in [0.25, 0.3) is 0 Å². The van der Waals surface area contributed by atoms with Gasteiger partial charge >= 0.3 is 6.03 Å². The van der Waals surface area contributed by atoms with Gasteiger partial charge in [0.25, 0.3) is 10.0 Å². The number of amides is 3. The molecule has 0 unspecified atom stereocenters. The first-order valence-electron chi connectivity index (χ1n) is 16.1. The normalized spacial score (nSPS) is 15.0. The Morgan fingerprint density at radius 3 is 2.07 bits per heavy atom. The van der Waals surface area contributed by atoms with Crippen molar-refractivity contribution in [2.75, 3.05) is 16.6 Å². The molecule has 3 amide bonds. The van der Waals surface area contributed by atoms with Crippen LogP contribution in [0.15, 0.2) is 53.4 Å². The van der Waals surface area contributed by atoms with Crippen LogP contribution >= 0.6 is 0 Å². The summed E-state index contributed by atoms with van der Waals surface area (Å²) in [5, 5.41) is 8.73. The lowest BCUT2D eigenvalue weighted by molar-refractivity contribution is -0.123. The molecule has 9 heteroatoms. The van der Waals surface area contributed by atoms with Crippen LogP contribution in [0, 0.1) is 5.92 Å². The predicted octanol–water partition coefficient (Wildman–Crippen LogP) is 7.72. The largest absolute Gasteiger partial charge is 0.354 e. The Morgan fingerprint density at radius 2 is 1.44 bits per heavy atom. The van der Waals surface area contributed by atoms with Crippen molar-refractivity contribution in [1.82, 2.24) is 10.6 Å². The maximum atomic E-state index is 13.1. The fourth-order valence-electron chi connectivity index (χ4n) is 5.52. The topological polar surface area (TPSA) is 116 Å². The van der Waals surface area contributed by atoms with Crippen molar-refractivity contribution in [2.45, 2.75) is 121 Å². The lowest BCUT2D eigenvalue weighted by atomic mass is 9.84. The van der Waals surface area contributed by atoms with Crippen molar-refractivity contribution in [3.8, 4) is 0 Å². The molecule has 2 aromatic rings. The standard InChI is InChI=1S/C34H52N4O4S/c1-5-6-7-8-9-13-24-35-32(39)31(25-26-14-11-10-12-15-26)37-33(40)36-28-18-20-29(21-19-28)38-43(41,42)30-22-16-27(17-23-30)34(2,3)4/h16-23,26,31,38H,5-15,24-25H2,1-4H3,(H,35,39)(H2,36,37,40)/t31-/m1/s1. The fourth-order valence-corrected chi connectivity index (χ4v) is 6.58. The highest BCUT2D eigenvalue weighted by Gasteiger charge is 2.26. The lowest BCUT2D eigenvalue weighted by Crippen LogP contribution is -2.49. The van der Waals surface area contributed by atoms with Crippen LogP contribution in [-0.4, -0.2) is 32.9 Å². The van der Waals surface area contributed by atoms with Crippen molar-refractivity contribution in [2.24, 2.45) is 5.92 Å². The zero-order chi connectivity index (χ0) is 31.3. The van der Waals surface area contributed by atoms with Crippen molar-refractivity contribution in [1.29, 1.82) is 0 Å². The molecule has 3 rings (SSSR count). The molecule has 0 saturated heterocycles. The highest BCUT2D eigenvalue weighted by Crippen LogP contribution is 2.28. The molecule has 0 aromatic heterocycles. The summed E-state index contributed by atoms with van der Waals surface area (Å²) in [6.07, 6.45) is 13.3. The summed E-state index contributed by atoms with van der Waals surface area (Å²) in [4.78, 5) is 26.2. The third kappa shape index (κ3) is 11.9. The molecule has 43 heavy (non-hydrogen) atoms. The van der Waals surface area contributed by atoms with E-state index < -0.39 is 22.1 Å². The lowest BCUT2D eigenvalue weighted by Gasteiger charge is -2.26. The quantitative estimate of drug-likeness (QED) is 0.154. The van der Waals surface area contributed by atoms with Crippen molar-refractivity contribution in [3.05, 3.63) is 54.1 Å². The third-order valence-corrected chi connectivity index (χ3v) is 9.57. The Kier molecular flexibility index (Phi) is 13.4. The number of carbonyl (C=O) groups is 2. The Hall–Kier alpha value is -3.07. The van der Waals surface area contributed by atoms with Crippen LogP contribution in [0.4, 0.5) is 16.2 Å². The Morgan fingerprint density at radius 1 is 0.837 bits per heavy atom. The number of hydrogen-bond donors (Lipinski definition) is 4. The number of nitrogens with one attached hydrogen (secondary N) is 4. The van der Waals surface area contributed by atoms with Gasteiger partial charge in [0.15, 0.2) is 0 Å². The molecule has 0 bridgehead atoms. The van der Waals surface area contributed by atoms with E-state index in [9.17, 15) is 18.0 Å². The molecule has 4 N–H and O–H groups in total. The van der Waals surface area contributed by atoms with Gasteiger partial charge in [-0.2, -0.15) is 0 Å². The van der Waals surface area contributed by atoms with Gasteiger partial charge < -0.3 is 16.0 Å². The van der Waals surface area contributed by atoms with Gasteiger partial charge in [0.05, 0.1) is 4.90 Å². The summed E-state index contributed by atoms with van der Waals surface area (Å²) in [7, 11) is -3.76. The van der Waals surface area contributed by atoms with Crippen LogP contribution in [0.5, 0.6) is 0 Å². The molecule has 8 nitrogen and oxygen atoms in total. The van der Waals surface area contributed by atoms with Gasteiger partial charge in [0, 0.05) is 17.9 Å². The van der Waals surface area contributed by atoms with E-state index in [4.69, 9.17) is 0 Å². The molecule has 0 heterocycles. The zero-order valence-corrected chi connectivity index (χ0v) is 27.3. The number of sulfonamides is 1. The van der Waals surface area contributed by atoms with Crippen LogP contribution in [0.1, 0.15) is 110 Å². The molecular weight excluding hydrogens is 560 g/mol. The molecule has 1 fully saturated rings. The average molecular weight is 613 g/mol. The molecule has 1 aliphatic rings. The molecule has 238 valence electrons. The van der Waals surface area contributed by atoms with E-state index in [0.717, 1.165) is 31.2 Å². The Balaban J connectivity index is 1.55. The number of urea groups is 1. The minimum Gasteiger partial charge on any atom is -0.354 e. The molecule has 1 atom stereocenters. The zero-order valence-electron chi connectivity index (χ0n) is 26.5. The van der Waals surface area contributed by atoms with Crippen molar-refractivity contribution >= 4 is 33.3 Å². The molecule has 1 aliphatic carbocycles. The van der Waals surface area contributed by atoms with Gasteiger partial charge in [0.2, 0.25) is 5.91 Å². The summed E-state index contributed by atoms with van der Waals surface area (Å²) < 4.78 is 28.4. The second kappa shape index (κ2) is 16.7. The van der Waals surface area contributed by atoms with E-state index in [0.29, 0.717) is 30.3 Å². The summed E-state index contributed by atoms with van der Waals surface area (Å²) >= 11 is 0. The maximum Gasteiger partial charge on any atom is 0.319 e. The van der Waals surface area contributed by atoms with Gasteiger partial charge in [-0.25, -0.2) is 13.2 Å². The van der Waals surface area contributed by atoms with E-state index in [1.54, 1.807) is 36.4 Å². The number of hydrogen-bond acceptors (Lipinski definition) is 4. The van der Waals surface area contributed by atoms with Gasteiger partial charge in [-0.15, -0.1) is 0 Å². The highest BCUT2D eigenvalue weighted by molar-refractivity contribution is 7.92. The average Bonchev–Trinajstić information content (AvgIpc) is 2.97. The van der Waals surface area contributed by atoms with E-state index in [1.165, 1.54) is 44.9 Å². The Labute approximate surface area is 259 Å². The van der Waals surface area contributed by atoms with E-state index in [2.05, 4.69) is 48.4 Å². The summed E-state index contributed by atoms with van der Waals surface area (Å²) in [6, 6.07) is 12.3. The highest BCUT2D eigenvalue weighted by atomic mass is 32.2. The number of benzene rings is 2. The first-order valence-corrected chi connectivity index (χ1v) is 17.5. The first kappa shape index (κ1) is 34.4. The van der Waals surface area contributed by atoms with Crippen LogP contribution in [-0.2, 0) is 20.2 Å². The van der Waals surface area contributed by atoms with E-state index >= 15 is 0 Å². The summed E-state index contributed by atoms with van der Waals surface area (Å²) in [6.45, 7) is 9.05. The van der Waals surface area contributed by atoms with Crippen molar-refractivity contribution < 1.29 is 18.0 Å². The van der Waals surface area contributed by atoms with Crippen LogP contribution < -0.4 is 20.7 Å². The number of anilines is 2. The molecule has 1 saturated carbocycles. The second-order valence-electron chi connectivity index (χ2n) is 12.9. The van der Waals surface area contributed by atoms with Crippen LogP contribution in [0.3, 0.4) is 0 Å². The first-order chi connectivity index (χ1) is 20.5. The van der Waals surface area contributed by atoms with E-state index in [1.807, 2.05) is 12.1 Å². The molecule has 2 aromatic carbocycles. The fraction of sp³-hybridized carbons (Fsp3) is 0.588. The molecular formula is C34H52N4O4S. The minimum absolute atomic E-state index is 0.0713. The van der Waals surface area contributed by atoms with Crippen LogP contribution in [0.2, 0.25) is 0 Å². The molecule has 0 radical (unpaired) electrons. The predicted molar refractivity (Wildman–Crippen MR) is 176 cm³/mol. The number of rotatable bonds is 15. The SMILES string of the molecule is CCCCCCCCNC(=O)[C@@H](CC1CCCCC1)NC(=O)Nc1ccc(NS(=O)(=O)c2ccc(C(C)(C)C)cc2)cc1. The maximum absolute atomic E-state index is 13.1. The van der Waals surface area contributed by atoms with Gasteiger partial charge in [0.1, 0.15) is 6.04 Å². The minimum atomic E-state index is -3.76. The third-order valence-electron chi connectivity index (χ3n) is 8.17. The Bertz CT molecular complexity index is 1250. The monoisotopic (exact) mass is 612 g/mol. The van der Waals surface area contributed by atoms with E-state index in [-0.39, 0.29) is 16.2 Å². The smallest absolute Gasteiger partial charge is 0.319 e. The summed E-state index contributed by atoms with van der Waals surface area (Å²) in [5.41, 5.74) is 1.86. The molecule has 0 aliphatic heterocycles. The second-order valence-corrected chi connectivity index (χ2v) is 14.6. The number of carbonyl (C=O) groups excluding carboxylic acids is 2. The molecule has 0 spiro atoms. The summed E-state index contributed by atoms with van der Waals surface area (Å²) in [5.74, 6) is 0.297.